The zero-order valence-corrected chi connectivity index (χ0v) is 25.2. The van der Waals surface area contributed by atoms with E-state index >= 15 is 0 Å². The number of aliphatic carboxylic acids is 1. The fraction of sp³-hybridized carbons (Fsp3) is 0.229. The van der Waals surface area contributed by atoms with E-state index in [1.165, 1.54) is 0 Å². The number of hydrogen-bond acceptors (Lipinski definition) is 6. The quantitative estimate of drug-likeness (QED) is 0.106. The largest absolute Gasteiger partial charge is 0.491 e. The standard InChI is InChI=1S/C35H31F4N3O5/c1-47-33-28(38)26(36)25(27(37)29(33)39)32(43)31(35(45)46)41-30(21-13-6-3-7-14-21)22-15-8-9-16-23(22)40-34(44)24-17-10-18-42(24)19-20-11-4-2-5-12-20/h2-9,11-16,24,31-32,43H,10,17-19H2,1H3,(H,40,44)(H,45,46)/t24-,31-,32+/m0/s1. The first-order chi connectivity index (χ1) is 22.6. The lowest BCUT2D eigenvalue weighted by atomic mass is 9.97. The maximum atomic E-state index is 15.0. The molecule has 1 saturated heterocycles. The minimum atomic E-state index is -2.67. The summed E-state index contributed by atoms with van der Waals surface area (Å²) in [6.45, 7) is 1.28. The van der Waals surface area contributed by atoms with Crippen molar-refractivity contribution in [2.45, 2.75) is 37.6 Å². The van der Waals surface area contributed by atoms with Crippen LogP contribution in [-0.2, 0) is 16.1 Å². The van der Waals surface area contributed by atoms with Crippen LogP contribution in [0.2, 0.25) is 0 Å². The van der Waals surface area contributed by atoms with Crippen molar-refractivity contribution in [3.05, 3.63) is 130 Å². The van der Waals surface area contributed by atoms with Crippen molar-refractivity contribution in [3.63, 3.8) is 0 Å². The van der Waals surface area contributed by atoms with E-state index in [1.807, 2.05) is 30.3 Å². The first-order valence-corrected chi connectivity index (χ1v) is 14.7. The molecule has 0 unspecified atom stereocenters. The van der Waals surface area contributed by atoms with Crippen LogP contribution in [0.15, 0.2) is 89.9 Å². The zero-order chi connectivity index (χ0) is 33.7. The molecule has 244 valence electrons. The number of carbonyl (C=O) groups is 2. The predicted octanol–water partition coefficient (Wildman–Crippen LogP) is 5.88. The Morgan fingerprint density at radius 2 is 1.51 bits per heavy atom. The highest BCUT2D eigenvalue weighted by Gasteiger charge is 2.38. The number of aliphatic hydroxyl groups excluding tert-OH is 1. The van der Waals surface area contributed by atoms with Gasteiger partial charge in [0.25, 0.3) is 0 Å². The number of ether oxygens (including phenoxy) is 1. The number of para-hydroxylation sites is 1. The summed E-state index contributed by atoms with van der Waals surface area (Å²) < 4.78 is 63.4. The van der Waals surface area contributed by atoms with Gasteiger partial charge in [-0.05, 0) is 31.0 Å². The molecular formula is C35H31F4N3O5. The summed E-state index contributed by atoms with van der Waals surface area (Å²) in [4.78, 5) is 32.4. The lowest BCUT2D eigenvalue weighted by Gasteiger charge is -2.25. The molecule has 3 N–H and O–H groups in total. The second-order valence-electron chi connectivity index (χ2n) is 10.9. The third-order valence-electron chi connectivity index (χ3n) is 7.96. The van der Waals surface area contributed by atoms with Crippen molar-refractivity contribution in [1.82, 2.24) is 4.90 Å². The van der Waals surface area contributed by atoms with E-state index in [0.717, 1.165) is 19.1 Å². The summed E-state index contributed by atoms with van der Waals surface area (Å²) in [5.74, 6) is -11.5. The normalized spacial score (nSPS) is 16.5. The van der Waals surface area contributed by atoms with Gasteiger partial charge >= 0.3 is 5.97 Å². The number of carboxylic acids is 1. The van der Waals surface area contributed by atoms with Crippen molar-refractivity contribution >= 4 is 23.3 Å². The van der Waals surface area contributed by atoms with Crippen LogP contribution in [0.5, 0.6) is 5.75 Å². The Labute approximate surface area is 268 Å². The molecular weight excluding hydrogens is 618 g/mol. The van der Waals surface area contributed by atoms with Crippen molar-refractivity contribution < 1.29 is 42.1 Å². The van der Waals surface area contributed by atoms with E-state index in [4.69, 9.17) is 0 Å². The van der Waals surface area contributed by atoms with E-state index in [2.05, 4.69) is 19.9 Å². The van der Waals surface area contributed by atoms with Crippen molar-refractivity contribution in [2.75, 3.05) is 19.0 Å². The number of methoxy groups -OCH3 is 1. The van der Waals surface area contributed by atoms with Gasteiger partial charge in [-0.25, -0.2) is 13.6 Å². The molecule has 1 fully saturated rings. The number of halogens is 4. The number of likely N-dealkylation sites (tertiary alicyclic amines) is 1. The smallest absolute Gasteiger partial charge is 0.331 e. The van der Waals surface area contributed by atoms with Gasteiger partial charge in [0.15, 0.2) is 23.4 Å². The monoisotopic (exact) mass is 649 g/mol. The van der Waals surface area contributed by atoms with Crippen LogP contribution in [0.4, 0.5) is 23.2 Å². The molecule has 0 aromatic heterocycles. The summed E-state index contributed by atoms with van der Waals surface area (Å²) in [6, 6.07) is 21.4. The molecule has 4 aromatic carbocycles. The molecule has 4 aromatic rings. The first kappa shape index (κ1) is 33.3. The highest BCUT2D eigenvalue weighted by Crippen LogP contribution is 2.35. The van der Waals surface area contributed by atoms with Crippen molar-refractivity contribution in [2.24, 2.45) is 4.99 Å². The average Bonchev–Trinajstić information content (AvgIpc) is 3.54. The minimum absolute atomic E-state index is 0.0733. The first-order valence-electron chi connectivity index (χ1n) is 14.7. The summed E-state index contributed by atoms with van der Waals surface area (Å²) in [5, 5.41) is 24.0. The van der Waals surface area contributed by atoms with Crippen LogP contribution in [0.25, 0.3) is 0 Å². The number of nitrogens with one attached hydrogen (secondary N) is 1. The molecule has 12 heteroatoms. The van der Waals surface area contributed by atoms with Crippen LogP contribution in [-0.4, -0.2) is 58.4 Å². The number of hydrogen-bond donors (Lipinski definition) is 3. The topological polar surface area (TPSA) is 111 Å². The molecule has 0 aliphatic carbocycles. The van der Waals surface area contributed by atoms with Crippen LogP contribution in [0, 0.1) is 23.3 Å². The fourth-order valence-corrected chi connectivity index (χ4v) is 5.67. The molecule has 1 amide bonds. The number of amides is 1. The van der Waals surface area contributed by atoms with Crippen LogP contribution in [0.1, 0.15) is 41.2 Å². The Hall–Kier alpha value is -5.07. The van der Waals surface area contributed by atoms with Gasteiger partial charge in [0.05, 0.1) is 30.1 Å². The summed E-state index contributed by atoms with van der Waals surface area (Å²) in [5.41, 5.74) is 0.220. The van der Waals surface area contributed by atoms with E-state index in [9.17, 15) is 37.4 Å². The van der Waals surface area contributed by atoms with E-state index in [-0.39, 0.29) is 22.9 Å². The van der Waals surface area contributed by atoms with E-state index < -0.39 is 58.7 Å². The Kier molecular flexibility index (Phi) is 10.3. The number of aliphatic hydroxyl groups is 1. The Morgan fingerprint density at radius 3 is 2.13 bits per heavy atom. The molecule has 0 bridgehead atoms. The molecule has 5 rings (SSSR count). The fourth-order valence-electron chi connectivity index (χ4n) is 5.67. The number of benzene rings is 4. The molecule has 1 aliphatic heterocycles. The van der Waals surface area contributed by atoms with Crippen LogP contribution in [0.3, 0.4) is 0 Å². The predicted molar refractivity (Wildman–Crippen MR) is 166 cm³/mol. The summed E-state index contributed by atoms with van der Waals surface area (Å²) in [6.07, 6.45) is -1.26. The summed E-state index contributed by atoms with van der Waals surface area (Å²) >= 11 is 0. The molecule has 0 radical (unpaired) electrons. The maximum Gasteiger partial charge on any atom is 0.331 e. The molecule has 1 aliphatic rings. The number of rotatable bonds is 11. The minimum Gasteiger partial charge on any atom is -0.491 e. The van der Waals surface area contributed by atoms with Gasteiger partial charge in [-0.3, -0.25) is 14.7 Å². The lowest BCUT2D eigenvalue weighted by molar-refractivity contribution is -0.141. The van der Waals surface area contributed by atoms with E-state index in [1.54, 1.807) is 54.6 Å². The summed E-state index contributed by atoms with van der Waals surface area (Å²) in [7, 11) is 0.788. The highest BCUT2D eigenvalue weighted by atomic mass is 19.2. The van der Waals surface area contributed by atoms with E-state index in [0.29, 0.717) is 25.1 Å². The third-order valence-corrected chi connectivity index (χ3v) is 7.96. The second kappa shape index (κ2) is 14.6. The van der Waals surface area contributed by atoms with Crippen molar-refractivity contribution in [3.8, 4) is 5.75 Å². The molecule has 1 heterocycles. The number of anilines is 1. The number of carbonyl (C=O) groups excluding carboxylic acids is 1. The Balaban J connectivity index is 1.54. The van der Waals surface area contributed by atoms with Gasteiger partial charge in [-0.15, -0.1) is 0 Å². The van der Waals surface area contributed by atoms with Crippen LogP contribution < -0.4 is 10.1 Å². The highest BCUT2D eigenvalue weighted by molar-refractivity contribution is 6.17. The van der Waals surface area contributed by atoms with Gasteiger partial charge in [0.1, 0.15) is 6.10 Å². The molecule has 8 nitrogen and oxygen atoms in total. The number of carboxylic acid groups (broad SMARTS) is 1. The van der Waals surface area contributed by atoms with Gasteiger partial charge < -0.3 is 20.3 Å². The number of aliphatic imine (C=N–C) groups is 1. The second-order valence-corrected chi connectivity index (χ2v) is 10.9. The van der Waals surface area contributed by atoms with Crippen LogP contribution >= 0.6 is 0 Å². The Morgan fingerprint density at radius 1 is 0.915 bits per heavy atom. The van der Waals surface area contributed by atoms with Gasteiger partial charge in [0.2, 0.25) is 17.5 Å². The van der Waals surface area contributed by atoms with Crippen molar-refractivity contribution in [1.29, 1.82) is 0 Å². The SMILES string of the molecule is COc1c(F)c(F)c([C@@H](O)[C@H](N=C(c2ccccc2)c2ccccc2NC(=O)[C@@H]2CCCN2Cc2ccccc2)C(=O)O)c(F)c1F. The van der Waals surface area contributed by atoms with Gasteiger partial charge in [0, 0.05) is 17.7 Å². The maximum absolute atomic E-state index is 15.0. The molecule has 0 saturated carbocycles. The zero-order valence-electron chi connectivity index (χ0n) is 25.2. The third kappa shape index (κ3) is 7.03. The average molecular weight is 650 g/mol. The lowest BCUT2D eigenvalue weighted by Crippen LogP contribution is -2.39. The molecule has 47 heavy (non-hydrogen) atoms. The molecule has 3 atom stereocenters. The van der Waals surface area contributed by atoms with Gasteiger partial charge in [-0.2, -0.15) is 8.78 Å². The number of nitrogens with zero attached hydrogens (tertiary/aromatic N) is 2. The van der Waals surface area contributed by atoms with Gasteiger partial charge in [-0.1, -0.05) is 78.9 Å². The molecule has 0 spiro atoms. The Bertz CT molecular complexity index is 1760.